The third kappa shape index (κ3) is 2.93. The van der Waals surface area contributed by atoms with Gasteiger partial charge in [-0.1, -0.05) is 0 Å². The van der Waals surface area contributed by atoms with E-state index in [0.29, 0.717) is 18.0 Å². The molecule has 1 aromatic heterocycles. The summed E-state index contributed by atoms with van der Waals surface area (Å²) < 4.78 is 15.9. The van der Waals surface area contributed by atoms with E-state index in [1.807, 2.05) is 30.6 Å². The van der Waals surface area contributed by atoms with Crippen molar-refractivity contribution in [1.82, 2.24) is 4.98 Å². The highest BCUT2D eigenvalue weighted by Gasteiger charge is 2.11. The van der Waals surface area contributed by atoms with Gasteiger partial charge in [-0.3, -0.25) is 0 Å². The van der Waals surface area contributed by atoms with Crippen molar-refractivity contribution >= 4 is 5.69 Å². The van der Waals surface area contributed by atoms with Crippen LogP contribution in [0.4, 0.5) is 5.69 Å². The van der Waals surface area contributed by atoms with Crippen LogP contribution in [0.25, 0.3) is 0 Å². The number of H-pyrrole nitrogens is 1. The summed E-state index contributed by atoms with van der Waals surface area (Å²) in [5, 5.41) is 3.30. The number of hydrogen-bond acceptors (Lipinski definition) is 4. The van der Waals surface area contributed by atoms with Gasteiger partial charge in [-0.2, -0.15) is 0 Å². The van der Waals surface area contributed by atoms with E-state index in [1.54, 1.807) is 21.3 Å². The monoisotopic (exact) mass is 262 g/mol. The number of aromatic amines is 1. The summed E-state index contributed by atoms with van der Waals surface area (Å²) in [4.78, 5) is 3.00. The molecule has 0 aliphatic rings. The molecule has 0 unspecified atom stereocenters. The van der Waals surface area contributed by atoms with Crippen LogP contribution in [0.3, 0.4) is 0 Å². The molecule has 0 amide bonds. The molecule has 19 heavy (non-hydrogen) atoms. The highest BCUT2D eigenvalue weighted by atomic mass is 16.5. The molecule has 0 spiro atoms. The second kappa shape index (κ2) is 6.04. The molecule has 0 radical (unpaired) electrons. The Morgan fingerprint density at radius 3 is 2.26 bits per heavy atom. The molecule has 0 aliphatic carbocycles. The Bertz CT molecular complexity index is 524. The van der Waals surface area contributed by atoms with E-state index < -0.39 is 0 Å². The first-order chi connectivity index (χ1) is 9.28. The molecule has 2 N–H and O–H groups in total. The van der Waals surface area contributed by atoms with Crippen LogP contribution in [0.1, 0.15) is 5.56 Å². The summed E-state index contributed by atoms with van der Waals surface area (Å²) in [6.07, 6.45) is 3.77. The molecule has 0 fully saturated rings. The molecular weight excluding hydrogens is 244 g/mol. The zero-order valence-electron chi connectivity index (χ0n) is 11.3. The number of hydrogen-bond donors (Lipinski definition) is 2. The average Bonchev–Trinajstić information content (AvgIpc) is 2.97. The van der Waals surface area contributed by atoms with Crippen LogP contribution in [-0.2, 0) is 6.54 Å². The number of benzene rings is 1. The van der Waals surface area contributed by atoms with E-state index in [-0.39, 0.29) is 0 Å². The lowest BCUT2D eigenvalue weighted by atomic mass is 10.1. The minimum absolute atomic E-state index is 0.640. The molecule has 0 atom stereocenters. The summed E-state index contributed by atoms with van der Waals surface area (Å²) in [7, 11) is 4.86. The number of ether oxygens (including phenoxy) is 3. The lowest BCUT2D eigenvalue weighted by Crippen LogP contribution is -2.02. The van der Waals surface area contributed by atoms with Crippen molar-refractivity contribution in [1.29, 1.82) is 0 Å². The highest BCUT2D eigenvalue weighted by Crippen LogP contribution is 2.34. The van der Waals surface area contributed by atoms with Gasteiger partial charge in [-0.15, -0.1) is 0 Å². The van der Waals surface area contributed by atoms with Crippen molar-refractivity contribution in [3.8, 4) is 17.2 Å². The van der Waals surface area contributed by atoms with Gasteiger partial charge in [-0.05, 0) is 12.1 Å². The van der Waals surface area contributed by atoms with Crippen molar-refractivity contribution in [2.45, 2.75) is 6.54 Å². The van der Waals surface area contributed by atoms with Crippen LogP contribution in [0.2, 0.25) is 0 Å². The lowest BCUT2D eigenvalue weighted by molar-refractivity contribution is 0.347. The first-order valence-electron chi connectivity index (χ1n) is 5.94. The average molecular weight is 262 g/mol. The topological polar surface area (TPSA) is 55.5 Å². The van der Waals surface area contributed by atoms with Crippen LogP contribution in [0.5, 0.6) is 17.2 Å². The molecule has 0 saturated carbocycles. The molecule has 0 aliphatic heterocycles. The van der Waals surface area contributed by atoms with Gasteiger partial charge in [-0.25, -0.2) is 0 Å². The van der Waals surface area contributed by atoms with Crippen LogP contribution < -0.4 is 19.5 Å². The van der Waals surface area contributed by atoms with Crippen LogP contribution >= 0.6 is 0 Å². The Morgan fingerprint density at radius 2 is 1.68 bits per heavy atom. The van der Waals surface area contributed by atoms with Gasteiger partial charge in [0.25, 0.3) is 0 Å². The number of rotatable bonds is 6. The first kappa shape index (κ1) is 13.1. The van der Waals surface area contributed by atoms with E-state index in [9.17, 15) is 0 Å². The zero-order chi connectivity index (χ0) is 13.7. The molecule has 5 heteroatoms. The quantitative estimate of drug-likeness (QED) is 0.840. The van der Waals surface area contributed by atoms with Crippen molar-refractivity contribution in [3.05, 3.63) is 36.2 Å². The van der Waals surface area contributed by atoms with Gasteiger partial charge < -0.3 is 24.5 Å². The molecule has 0 bridgehead atoms. The predicted octanol–water partition coefficient (Wildman–Crippen LogP) is 2.65. The largest absolute Gasteiger partial charge is 0.496 e. The van der Waals surface area contributed by atoms with Crippen LogP contribution in [-0.4, -0.2) is 26.3 Å². The maximum absolute atomic E-state index is 5.37. The summed E-state index contributed by atoms with van der Waals surface area (Å²) in [5.41, 5.74) is 2.03. The number of anilines is 1. The fraction of sp³-hybridized carbons (Fsp3) is 0.286. The van der Waals surface area contributed by atoms with E-state index in [2.05, 4.69) is 10.3 Å². The SMILES string of the molecule is COc1cc(OC)c(OC)cc1CNc1cc[nH]c1. The Morgan fingerprint density at radius 1 is 1.00 bits per heavy atom. The summed E-state index contributed by atoms with van der Waals surface area (Å²) in [5.74, 6) is 2.11. The Hall–Kier alpha value is -2.30. The van der Waals surface area contributed by atoms with Gasteiger partial charge in [0, 0.05) is 30.6 Å². The van der Waals surface area contributed by atoms with E-state index in [0.717, 1.165) is 17.0 Å². The lowest BCUT2D eigenvalue weighted by Gasteiger charge is -2.14. The second-order valence-electron chi connectivity index (χ2n) is 3.97. The summed E-state index contributed by atoms with van der Waals surface area (Å²) >= 11 is 0. The molecule has 1 heterocycles. The standard InChI is InChI=1S/C14H18N2O3/c1-17-12-7-14(19-3)13(18-2)6-10(12)8-16-11-4-5-15-9-11/h4-7,9,15-16H,8H2,1-3H3. The first-order valence-corrected chi connectivity index (χ1v) is 5.94. The Balaban J connectivity index is 2.22. The molecule has 2 aromatic rings. The highest BCUT2D eigenvalue weighted by molar-refractivity contribution is 5.52. The van der Waals surface area contributed by atoms with Crippen LogP contribution in [0.15, 0.2) is 30.6 Å². The minimum atomic E-state index is 0.640. The summed E-state index contributed by atoms with van der Waals surface area (Å²) in [6, 6.07) is 5.71. The normalized spacial score (nSPS) is 10.1. The number of aromatic nitrogens is 1. The molecule has 102 valence electrons. The van der Waals surface area contributed by atoms with Crippen molar-refractivity contribution in [3.63, 3.8) is 0 Å². The van der Waals surface area contributed by atoms with Gasteiger partial charge in [0.1, 0.15) is 5.75 Å². The van der Waals surface area contributed by atoms with Crippen LogP contribution in [0, 0.1) is 0 Å². The van der Waals surface area contributed by atoms with Gasteiger partial charge in [0.15, 0.2) is 11.5 Å². The molecule has 0 saturated heterocycles. The molecule has 2 rings (SSSR count). The fourth-order valence-corrected chi connectivity index (χ4v) is 1.86. The van der Waals surface area contributed by atoms with Crippen molar-refractivity contribution < 1.29 is 14.2 Å². The molecule has 5 nitrogen and oxygen atoms in total. The smallest absolute Gasteiger partial charge is 0.164 e. The number of nitrogens with one attached hydrogen (secondary N) is 2. The number of methoxy groups -OCH3 is 3. The van der Waals surface area contributed by atoms with Crippen molar-refractivity contribution in [2.24, 2.45) is 0 Å². The third-order valence-corrected chi connectivity index (χ3v) is 2.87. The van der Waals surface area contributed by atoms with E-state index in [1.165, 1.54) is 0 Å². The Labute approximate surface area is 112 Å². The van der Waals surface area contributed by atoms with Gasteiger partial charge in [0.05, 0.1) is 27.0 Å². The Kier molecular flexibility index (Phi) is 4.18. The van der Waals surface area contributed by atoms with E-state index in [4.69, 9.17) is 14.2 Å². The van der Waals surface area contributed by atoms with Gasteiger partial charge in [0.2, 0.25) is 0 Å². The van der Waals surface area contributed by atoms with E-state index >= 15 is 0 Å². The summed E-state index contributed by atoms with van der Waals surface area (Å²) in [6.45, 7) is 0.640. The maximum Gasteiger partial charge on any atom is 0.164 e. The zero-order valence-corrected chi connectivity index (χ0v) is 11.3. The third-order valence-electron chi connectivity index (χ3n) is 2.87. The minimum Gasteiger partial charge on any atom is -0.496 e. The second-order valence-corrected chi connectivity index (χ2v) is 3.97. The van der Waals surface area contributed by atoms with Crippen molar-refractivity contribution in [2.75, 3.05) is 26.6 Å². The molecule has 1 aromatic carbocycles. The fourth-order valence-electron chi connectivity index (χ4n) is 1.86. The predicted molar refractivity (Wildman–Crippen MR) is 74.2 cm³/mol. The maximum atomic E-state index is 5.37. The van der Waals surface area contributed by atoms with Gasteiger partial charge >= 0.3 is 0 Å². The molecular formula is C14H18N2O3.